The van der Waals surface area contributed by atoms with Gasteiger partial charge in [-0.2, -0.15) is 0 Å². The van der Waals surface area contributed by atoms with E-state index in [1.165, 1.54) is 22.9 Å². The largest absolute Gasteiger partial charge is 0.503 e. The zero-order chi connectivity index (χ0) is 25.3. The maximum Gasteiger partial charge on any atom is 0.283 e. The summed E-state index contributed by atoms with van der Waals surface area (Å²) in [6, 6.07) is 5.80. The van der Waals surface area contributed by atoms with Gasteiger partial charge in [0, 0.05) is 52.0 Å². The van der Waals surface area contributed by atoms with Crippen LogP contribution in [-0.4, -0.2) is 108 Å². The number of hydrogen-bond donors (Lipinski definition) is 2. The molecule has 1 amide bonds. The Labute approximate surface area is 210 Å². The molecule has 0 atom stereocenters. The lowest BCUT2D eigenvalue weighted by Crippen LogP contribution is -2.38. The van der Waals surface area contributed by atoms with Gasteiger partial charge in [-0.15, -0.1) is 0 Å². The molecule has 2 aliphatic rings. The molecule has 11 heteroatoms. The Kier molecular flexibility index (Phi) is 9.54. The Morgan fingerprint density at radius 3 is 2.19 bits per heavy atom. The minimum absolute atomic E-state index is 0.0511. The Bertz CT molecular complexity index is 974. The average molecular weight is 507 g/mol. The summed E-state index contributed by atoms with van der Waals surface area (Å²) in [6.45, 7) is 8.28. The number of rotatable bonds is 11. The summed E-state index contributed by atoms with van der Waals surface area (Å²) in [5, 5.41) is 22.2. The van der Waals surface area contributed by atoms with Crippen LogP contribution < -0.4 is 0 Å². The first-order chi connectivity index (χ1) is 17.5. The molecule has 2 aliphatic heterocycles. The predicted octanol–water partition coefficient (Wildman–Crippen LogP) is 1.67. The van der Waals surface area contributed by atoms with Crippen molar-refractivity contribution in [2.45, 2.75) is 19.5 Å². The van der Waals surface area contributed by atoms with Gasteiger partial charge in [-0.05, 0) is 24.1 Å². The molecule has 36 heavy (non-hydrogen) atoms. The number of benzene rings is 1. The van der Waals surface area contributed by atoms with Gasteiger partial charge < -0.3 is 24.3 Å². The highest BCUT2D eigenvalue weighted by Gasteiger charge is 2.26. The van der Waals surface area contributed by atoms with Gasteiger partial charge in [0.15, 0.2) is 5.75 Å². The van der Waals surface area contributed by atoms with Crippen molar-refractivity contribution in [2.24, 2.45) is 0 Å². The van der Waals surface area contributed by atoms with Crippen LogP contribution in [0.4, 0.5) is 4.39 Å². The third-order valence-corrected chi connectivity index (χ3v) is 6.45. The van der Waals surface area contributed by atoms with Crippen LogP contribution in [0.25, 0.3) is 0 Å². The fourth-order valence-corrected chi connectivity index (χ4v) is 4.29. The van der Waals surface area contributed by atoms with E-state index in [4.69, 9.17) is 14.3 Å². The van der Waals surface area contributed by atoms with E-state index in [0.717, 1.165) is 37.8 Å². The van der Waals surface area contributed by atoms with E-state index in [0.29, 0.717) is 51.5 Å². The van der Waals surface area contributed by atoms with E-state index in [2.05, 4.69) is 9.80 Å². The van der Waals surface area contributed by atoms with E-state index in [9.17, 15) is 19.4 Å². The summed E-state index contributed by atoms with van der Waals surface area (Å²) in [5.74, 6) is -1.80. The zero-order valence-electron chi connectivity index (χ0n) is 20.5. The number of halogens is 1. The van der Waals surface area contributed by atoms with E-state index < -0.39 is 11.7 Å². The van der Waals surface area contributed by atoms with Crippen molar-refractivity contribution in [2.75, 3.05) is 72.3 Å². The maximum atomic E-state index is 13.4. The second kappa shape index (κ2) is 13.0. The second-order valence-electron chi connectivity index (χ2n) is 8.97. The molecule has 198 valence electrons. The summed E-state index contributed by atoms with van der Waals surface area (Å²) >= 11 is 0. The van der Waals surface area contributed by atoms with Crippen molar-refractivity contribution in [1.82, 2.24) is 19.4 Å². The lowest BCUT2D eigenvalue weighted by atomic mass is 10.2. The van der Waals surface area contributed by atoms with Crippen LogP contribution in [-0.2, 0) is 27.4 Å². The van der Waals surface area contributed by atoms with Crippen LogP contribution >= 0.6 is 0 Å². The topological polar surface area (TPSA) is 99.9 Å². The molecule has 1 aromatic heterocycles. The Hall–Kier alpha value is -2.70. The van der Waals surface area contributed by atoms with Gasteiger partial charge >= 0.3 is 0 Å². The fourth-order valence-electron chi connectivity index (χ4n) is 4.29. The lowest BCUT2D eigenvalue weighted by Gasteiger charge is -2.27. The van der Waals surface area contributed by atoms with Crippen LogP contribution in [0, 0.1) is 5.82 Å². The molecule has 3 heterocycles. The molecule has 10 nitrogen and oxygen atoms in total. The summed E-state index contributed by atoms with van der Waals surface area (Å²) < 4.78 is 25.6. The molecular formula is C25H35FN4O6. The molecule has 2 aromatic rings. The Morgan fingerprint density at radius 2 is 1.56 bits per heavy atom. The number of hydroxylamine groups is 2. The first-order valence-electron chi connectivity index (χ1n) is 12.4. The third-order valence-electron chi connectivity index (χ3n) is 6.45. The number of carbonyl (C=O) groups is 1. The Balaban J connectivity index is 1.41. The number of amides is 1. The normalized spacial score (nSPS) is 17.4. The average Bonchev–Trinajstić information content (AvgIpc) is 3.20. The highest BCUT2D eigenvalue weighted by atomic mass is 19.1. The van der Waals surface area contributed by atoms with Crippen LogP contribution in [0.5, 0.6) is 11.6 Å². The monoisotopic (exact) mass is 506 g/mol. The summed E-state index contributed by atoms with van der Waals surface area (Å²) in [6.07, 6.45) is 2.15. The van der Waals surface area contributed by atoms with Crippen LogP contribution in [0.3, 0.4) is 0 Å². The summed E-state index contributed by atoms with van der Waals surface area (Å²) in [7, 11) is 0. The quantitative estimate of drug-likeness (QED) is 0.351. The van der Waals surface area contributed by atoms with Gasteiger partial charge in [-0.1, -0.05) is 12.1 Å². The van der Waals surface area contributed by atoms with Crippen LogP contribution in [0.2, 0.25) is 0 Å². The molecule has 0 bridgehead atoms. The molecule has 0 spiro atoms. The minimum Gasteiger partial charge on any atom is -0.503 e. The molecule has 0 saturated carbocycles. The molecular weight excluding hydrogens is 471 g/mol. The number of morpholine rings is 2. The molecule has 0 aliphatic carbocycles. The number of ether oxygens (including phenoxy) is 2. The number of aromatic nitrogens is 1. The van der Waals surface area contributed by atoms with E-state index in [-0.39, 0.29) is 30.4 Å². The molecule has 2 N–H and O–H groups in total. The lowest BCUT2D eigenvalue weighted by molar-refractivity contribution is -0.132. The molecule has 2 fully saturated rings. The van der Waals surface area contributed by atoms with Crippen LogP contribution in [0.15, 0.2) is 30.5 Å². The first kappa shape index (κ1) is 26.4. The van der Waals surface area contributed by atoms with E-state index in [1.54, 1.807) is 12.1 Å². The number of carbonyl (C=O) groups excluding carboxylic acids is 1. The standard InChI is InChI=1S/C25H35FN4O6/c26-21-4-2-20(3-5-21)18-30(36-13-1-6-27-9-14-34-15-10-27)24(32)22-19-29(25(33)23(22)31)8-7-28-11-16-35-17-12-28/h2-5,19,31,33H,1,6-18H2. The van der Waals surface area contributed by atoms with Crippen molar-refractivity contribution in [1.29, 1.82) is 0 Å². The second-order valence-corrected chi connectivity index (χ2v) is 8.97. The maximum absolute atomic E-state index is 13.4. The van der Waals surface area contributed by atoms with E-state index in [1.807, 2.05) is 0 Å². The van der Waals surface area contributed by atoms with Crippen molar-refractivity contribution in [3.8, 4) is 11.6 Å². The predicted molar refractivity (Wildman–Crippen MR) is 129 cm³/mol. The van der Waals surface area contributed by atoms with Gasteiger partial charge in [0.2, 0.25) is 5.88 Å². The van der Waals surface area contributed by atoms with Gasteiger partial charge in [-0.25, -0.2) is 9.45 Å². The Morgan fingerprint density at radius 1 is 0.944 bits per heavy atom. The van der Waals surface area contributed by atoms with Crippen molar-refractivity contribution >= 4 is 5.91 Å². The number of hydrogen-bond acceptors (Lipinski definition) is 8. The highest BCUT2D eigenvalue weighted by molar-refractivity contribution is 5.97. The summed E-state index contributed by atoms with van der Waals surface area (Å²) in [4.78, 5) is 23.7. The molecule has 0 unspecified atom stereocenters. The molecule has 4 rings (SSSR count). The minimum atomic E-state index is -0.580. The van der Waals surface area contributed by atoms with Crippen molar-refractivity contribution in [3.05, 3.63) is 47.4 Å². The zero-order valence-corrected chi connectivity index (χ0v) is 20.5. The number of aromatic hydroxyl groups is 2. The highest BCUT2D eigenvalue weighted by Crippen LogP contribution is 2.32. The molecule has 0 radical (unpaired) electrons. The molecule has 2 saturated heterocycles. The van der Waals surface area contributed by atoms with Gasteiger partial charge in [0.1, 0.15) is 11.4 Å². The van der Waals surface area contributed by atoms with Gasteiger partial charge in [0.25, 0.3) is 5.91 Å². The number of nitrogens with zero attached hydrogens (tertiary/aromatic N) is 4. The van der Waals surface area contributed by atoms with E-state index >= 15 is 0 Å². The van der Waals surface area contributed by atoms with Gasteiger partial charge in [-0.3, -0.25) is 19.4 Å². The first-order valence-corrected chi connectivity index (χ1v) is 12.4. The summed E-state index contributed by atoms with van der Waals surface area (Å²) in [5.41, 5.74) is 0.623. The van der Waals surface area contributed by atoms with Crippen molar-refractivity contribution < 1.29 is 33.7 Å². The fraction of sp³-hybridized carbons (Fsp3) is 0.560. The smallest absolute Gasteiger partial charge is 0.283 e. The van der Waals surface area contributed by atoms with Crippen molar-refractivity contribution in [3.63, 3.8) is 0 Å². The van der Waals surface area contributed by atoms with Gasteiger partial charge in [0.05, 0.1) is 39.6 Å². The third kappa shape index (κ3) is 7.17. The van der Waals surface area contributed by atoms with Crippen LogP contribution in [0.1, 0.15) is 22.3 Å². The molecule has 1 aromatic carbocycles. The SMILES string of the molecule is O=C(c1cn(CCN2CCOCC2)c(O)c1O)N(Cc1ccc(F)cc1)OCCCN1CCOCC1.